The maximum absolute atomic E-state index is 15.2. The SMILES string of the molecule is Cc1ccc(S(OS(=O)(=O)C(F)(F)C(F)(F)C(F)(F)C(F)(F)F)(c2ccc(C)cc2)c2ccc3oc4ccccc4c(=O)c3c2)cc1. The van der Waals surface area contributed by atoms with Gasteiger partial charge in [-0.2, -0.15) is 47.9 Å². The predicted molar refractivity (Wildman–Crippen MR) is 156 cm³/mol. The van der Waals surface area contributed by atoms with Gasteiger partial charge in [-0.25, -0.2) is 3.63 Å². The first-order chi connectivity index (χ1) is 21.7. The molecule has 0 aliphatic carbocycles. The van der Waals surface area contributed by atoms with E-state index in [2.05, 4.69) is 0 Å². The molecule has 0 spiro atoms. The van der Waals surface area contributed by atoms with Crippen molar-refractivity contribution in [3.63, 3.8) is 0 Å². The highest BCUT2D eigenvalue weighted by Gasteiger charge is 2.86. The van der Waals surface area contributed by atoms with Crippen molar-refractivity contribution in [2.75, 3.05) is 0 Å². The van der Waals surface area contributed by atoms with E-state index in [0.29, 0.717) is 11.1 Å². The molecule has 16 heteroatoms. The van der Waals surface area contributed by atoms with Crippen LogP contribution in [0, 0.1) is 13.8 Å². The molecule has 250 valence electrons. The van der Waals surface area contributed by atoms with Crippen LogP contribution in [0.25, 0.3) is 21.9 Å². The van der Waals surface area contributed by atoms with E-state index in [1.807, 2.05) is 0 Å². The van der Waals surface area contributed by atoms with Crippen molar-refractivity contribution in [1.29, 1.82) is 0 Å². The Morgan fingerprint density at radius 2 is 1.06 bits per heavy atom. The summed E-state index contributed by atoms with van der Waals surface area (Å²) in [5.41, 5.74) is 0.499. The summed E-state index contributed by atoms with van der Waals surface area (Å²) in [6.45, 7) is 3.18. The van der Waals surface area contributed by atoms with Crippen LogP contribution in [-0.4, -0.2) is 31.7 Å². The number of aryl methyl sites for hydroxylation is 2. The second-order valence-electron chi connectivity index (χ2n) is 10.5. The van der Waals surface area contributed by atoms with Crippen molar-refractivity contribution in [2.24, 2.45) is 0 Å². The summed E-state index contributed by atoms with van der Waals surface area (Å²) < 4.78 is 163. The van der Waals surface area contributed by atoms with E-state index < -0.39 is 54.0 Å². The van der Waals surface area contributed by atoms with Crippen molar-refractivity contribution < 1.29 is 56.0 Å². The minimum absolute atomic E-state index is 0.0533. The van der Waals surface area contributed by atoms with E-state index >= 15 is 8.78 Å². The van der Waals surface area contributed by atoms with Crippen LogP contribution in [0.4, 0.5) is 39.5 Å². The molecule has 0 amide bonds. The summed E-state index contributed by atoms with van der Waals surface area (Å²) in [6, 6.07) is 19.5. The predicted octanol–water partition coefficient (Wildman–Crippen LogP) is 9.53. The molecule has 0 unspecified atom stereocenters. The largest absolute Gasteiger partial charge is 0.460 e. The zero-order valence-corrected chi connectivity index (χ0v) is 25.6. The van der Waals surface area contributed by atoms with Crippen LogP contribution in [0.3, 0.4) is 0 Å². The Kier molecular flexibility index (Phi) is 8.25. The molecule has 0 N–H and O–H groups in total. The molecule has 0 bridgehead atoms. The van der Waals surface area contributed by atoms with Crippen molar-refractivity contribution in [3.8, 4) is 0 Å². The molecule has 0 fully saturated rings. The lowest BCUT2D eigenvalue weighted by Crippen LogP contribution is -2.63. The normalized spacial score (nSPS) is 14.1. The molecular formula is C31H21F9O5S2. The van der Waals surface area contributed by atoms with Crippen molar-refractivity contribution >= 4 is 42.4 Å². The van der Waals surface area contributed by atoms with Gasteiger partial charge in [0.05, 0.1) is 10.8 Å². The minimum atomic E-state index is -7.54. The van der Waals surface area contributed by atoms with E-state index in [1.54, 1.807) is 19.9 Å². The highest BCUT2D eigenvalue weighted by Crippen LogP contribution is 2.71. The van der Waals surface area contributed by atoms with Gasteiger partial charge in [0.2, 0.25) is 5.43 Å². The molecular weight excluding hydrogens is 687 g/mol. The Hall–Kier alpha value is -4.02. The maximum atomic E-state index is 15.2. The molecule has 4 aromatic carbocycles. The molecule has 0 aliphatic heterocycles. The summed E-state index contributed by atoms with van der Waals surface area (Å²) in [6.07, 6.45) is -7.28. The molecule has 0 radical (unpaired) electrons. The first-order valence-electron chi connectivity index (χ1n) is 13.3. The van der Waals surface area contributed by atoms with Crippen molar-refractivity contribution in [2.45, 2.75) is 51.8 Å². The number of para-hydroxylation sites is 1. The van der Waals surface area contributed by atoms with Crippen molar-refractivity contribution in [3.05, 3.63) is 112 Å². The zero-order chi connectivity index (χ0) is 34.8. The number of alkyl halides is 9. The summed E-state index contributed by atoms with van der Waals surface area (Å²) >= 11 is 0. The highest BCUT2D eigenvalue weighted by atomic mass is 32.3. The molecule has 0 aliphatic rings. The Morgan fingerprint density at radius 1 is 0.596 bits per heavy atom. The van der Waals surface area contributed by atoms with Gasteiger partial charge in [0.25, 0.3) is 0 Å². The lowest BCUT2D eigenvalue weighted by molar-refractivity contribution is -0.382. The van der Waals surface area contributed by atoms with Gasteiger partial charge in [-0.05, 0) is 78.8 Å². The Balaban J connectivity index is 1.87. The smallest absolute Gasteiger partial charge is 0.456 e. The second kappa shape index (κ2) is 11.3. The van der Waals surface area contributed by atoms with Crippen LogP contribution in [0.15, 0.2) is 115 Å². The van der Waals surface area contributed by atoms with Gasteiger partial charge in [0.15, 0.2) is 0 Å². The van der Waals surface area contributed by atoms with E-state index in [-0.39, 0.29) is 31.7 Å². The summed E-state index contributed by atoms with van der Waals surface area (Å²) in [5.74, 6) is -15.0. The number of hydrogen-bond acceptors (Lipinski definition) is 5. The molecule has 1 heterocycles. The van der Waals surface area contributed by atoms with Gasteiger partial charge in [0, 0.05) is 14.7 Å². The van der Waals surface area contributed by atoms with E-state index in [0.717, 1.165) is 18.2 Å². The summed E-state index contributed by atoms with van der Waals surface area (Å²) in [5, 5.41) is -7.32. The van der Waals surface area contributed by atoms with E-state index in [1.165, 1.54) is 66.7 Å². The quantitative estimate of drug-likeness (QED) is 0.119. The van der Waals surface area contributed by atoms with Crippen LogP contribution in [0.2, 0.25) is 0 Å². The average Bonchev–Trinajstić information content (AvgIpc) is 3.00. The van der Waals surface area contributed by atoms with E-state index in [9.17, 15) is 43.9 Å². The number of hydrogen-bond donors (Lipinski definition) is 0. The number of rotatable bonds is 8. The van der Waals surface area contributed by atoms with Crippen LogP contribution >= 0.6 is 10.3 Å². The lowest BCUT2D eigenvalue weighted by Gasteiger charge is -2.41. The van der Waals surface area contributed by atoms with E-state index in [4.69, 9.17) is 8.05 Å². The topological polar surface area (TPSA) is 73.6 Å². The van der Waals surface area contributed by atoms with Gasteiger partial charge in [0.1, 0.15) is 11.2 Å². The van der Waals surface area contributed by atoms with Gasteiger partial charge in [-0.1, -0.05) is 47.5 Å². The third-order valence-corrected chi connectivity index (χ3v) is 12.4. The van der Waals surface area contributed by atoms with Crippen LogP contribution in [0.1, 0.15) is 11.1 Å². The fourth-order valence-electron chi connectivity index (χ4n) is 4.64. The van der Waals surface area contributed by atoms with Gasteiger partial charge >= 0.3 is 33.4 Å². The van der Waals surface area contributed by atoms with Gasteiger partial charge in [-0.3, -0.25) is 4.79 Å². The Morgan fingerprint density at radius 3 is 1.57 bits per heavy atom. The third kappa shape index (κ3) is 5.35. The fraction of sp³-hybridized carbons (Fsp3) is 0.194. The maximum Gasteiger partial charge on any atom is 0.460 e. The molecule has 47 heavy (non-hydrogen) atoms. The number of halogens is 9. The fourth-order valence-corrected chi connectivity index (χ4v) is 9.84. The first kappa shape index (κ1) is 34.3. The summed E-state index contributed by atoms with van der Waals surface area (Å²) in [7, 11) is -11.7. The summed E-state index contributed by atoms with van der Waals surface area (Å²) in [4.78, 5) is 12.5. The van der Waals surface area contributed by atoms with Gasteiger partial charge in [-0.15, -0.1) is 0 Å². The Bertz CT molecular complexity index is 2100. The second-order valence-corrected chi connectivity index (χ2v) is 14.9. The minimum Gasteiger partial charge on any atom is -0.456 e. The number of fused-ring (bicyclic) bond motifs is 2. The zero-order valence-electron chi connectivity index (χ0n) is 23.9. The molecule has 0 atom stereocenters. The molecule has 0 saturated carbocycles. The molecule has 1 aromatic heterocycles. The van der Waals surface area contributed by atoms with Crippen LogP contribution in [-0.2, 0) is 13.7 Å². The number of benzene rings is 4. The lowest BCUT2D eigenvalue weighted by atomic mass is 10.1. The third-order valence-electron chi connectivity index (χ3n) is 7.21. The first-order valence-corrected chi connectivity index (χ1v) is 16.2. The molecule has 5 nitrogen and oxygen atoms in total. The van der Waals surface area contributed by atoms with Crippen molar-refractivity contribution in [1.82, 2.24) is 0 Å². The molecule has 5 rings (SSSR count). The Labute approximate surface area is 262 Å². The van der Waals surface area contributed by atoms with Crippen LogP contribution < -0.4 is 5.43 Å². The molecule has 5 aromatic rings. The average molecular weight is 709 g/mol. The monoisotopic (exact) mass is 708 g/mol. The standard InChI is InChI=1S/C31H21F9O5S2/c1-18-7-11-20(12-8-18)46(21-13-9-19(2)10-14-21,45-47(42,43)31(39,40)29(34,35)28(32,33)30(36,37)38)22-15-16-26-24(17-22)27(41)23-5-3-4-6-25(23)44-26/h3-17H,1-2H3. The van der Waals surface area contributed by atoms with Gasteiger partial charge < -0.3 is 4.42 Å². The molecule has 0 saturated heterocycles. The highest BCUT2D eigenvalue weighted by molar-refractivity contribution is 8.33. The van der Waals surface area contributed by atoms with Crippen LogP contribution in [0.5, 0.6) is 0 Å².